The Hall–Kier alpha value is -2.38. The topological polar surface area (TPSA) is 84.5 Å². The third-order valence-corrected chi connectivity index (χ3v) is 5.33. The third-order valence-electron chi connectivity index (χ3n) is 3.93. The monoisotopic (exact) mass is 346 g/mol. The van der Waals surface area contributed by atoms with Gasteiger partial charge in [0.25, 0.3) is 0 Å². The van der Waals surface area contributed by atoms with E-state index in [4.69, 9.17) is 4.74 Å². The molecule has 0 saturated heterocycles. The number of hydrogen-bond donors (Lipinski definition) is 2. The lowest BCUT2D eigenvalue weighted by Gasteiger charge is -2.17. The zero-order chi connectivity index (χ0) is 17.2. The van der Waals surface area contributed by atoms with Gasteiger partial charge in [-0.15, -0.1) is 0 Å². The van der Waals surface area contributed by atoms with E-state index < -0.39 is 10.0 Å². The number of carbonyl (C=O) groups excluding carboxylic acids is 1. The number of sulfonamides is 1. The fourth-order valence-electron chi connectivity index (χ4n) is 2.63. The average Bonchev–Trinajstić information content (AvgIpc) is 2.59. The number of ether oxygens (including phenoxy) is 1. The third kappa shape index (κ3) is 3.42. The van der Waals surface area contributed by atoms with Crippen molar-refractivity contribution in [3.63, 3.8) is 0 Å². The molecule has 126 valence electrons. The first-order valence-corrected chi connectivity index (χ1v) is 9.02. The van der Waals surface area contributed by atoms with Crippen LogP contribution in [0.4, 0.5) is 5.69 Å². The van der Waals surface area contributed by atoms with Gasteiger partial charge in [-0.05, 0) is 36.2 Å². The van der Waals surface area contributed by atoms with Crippen LogP contribution in [0.25, 0.3) is 0 Å². The van der Waals surface area contributed by atoms with Crippen molar-refractivity contribution in [3.8, 4) is 5.75 Å². The Labute approximate surface area is 140 Å². The van der Waals surface area contributed by atoms with Crippen molar-refractivity contribution < 1.29 is 17.9 Å². The standard InChI is InChI=1S/C17H18N2O4S/c1-23-16-5-3-2-4-13(16)11-18-24(21,22)14-7-8-15-12(10-14)6-9-17(20)19-15/h2-5,7-8,10,18H,6,9,11H2,1H3,(H,19,20). The van der Waals surface area contributed by atoms with E-state index in [0.29, 0.717) is 24.3 Å². The fourth-order valence-corrected chi connectivity index (χ4v) is 3.69. The van der Waals surface area contributed by atoms with Crippen molar-refractivity contribution in [3.05, 3.63) is 53.6 Å². The maximum absolute atomic E-state index is 12.5. The summed E-state index contributed by atoms with van der Waals surface area (Å²) in [5.41, 5.74) is 2.26. The molecular formula is C17H18N2O4S. The Morgan fingerprint density at radius 1 is 1.17 bits per heavy atom. The Bertz CT molecular complexity index is 878. The van der Waals surface area contributed by atoms with Gasteiger partial charge in [0.2, 0.25) is 15.9 Å². The van der Waals surface area contributed by atoms with Gasteiger partial charge in [-0.2, -0.15) is 0 Å². The molecule has 0 radical (unpaired) electrons. The van der Waals surface area contributed by atoms with Crippen molar-refractivity contribution in [1.29, 1.82) is 0 Å². The number of aryl methyl sites for hydroxylation is 1. The summed E-state index contributed by atoms with van der Waals surface area (Å²) in [6.45, 7) is 0.139. The molecule has 1 amide bonds. The van der Waals surface area contributed by atoms with Crippen LogP contribution < -0.4 is 14.8 Å². The Morgan fingerprint density at radius 2 is 1.96 bits per heavy atom. The van der Waals surface area contributed by atoms with Crippen molar-refractivity contribution in [2.75, 3.05) is 12.4 Å². The van der Waals surface area contributed by atoms with Crippen molar-refractivity contribution in [2.45, 2.75) is 24.3 Å². The van der Waals surface area contributed by atoms with Crippen LogP contribution in [-0.2, 0) is 27.8 Å². The molecular weight excluding hydrogens is 328 g/mol. The number of hydrogen-bond acceptors (Lipinski definition) is 4. The molecule has 0 saturated carbocycles. The van der Waals surface area contributed by atoms with Crippen molar-refractivity contribution in [1.82, 2.24) is 4.72 Å². The van der Waals surface area contributed by atoms with Crippen LogP contribution in [0.5, 0.6) is 5.75 Å². The maximum Gasteiger partial charge on any atom is 0.240 e. The molecule has 24 heavy (non-hydrogen) atoms. The molecule has 0 aromatic heterocycles. The number of carbonyl (C=O) groups is 1. The lowest BCUT2D eigenvalue weighted by molar-refractivity contribution is -0.116. The van der Waals surface area contributed by atoms with E-state index in [9.17, 15) is 13.2 Å². The summed E-state index contributed by atoms with van der Waals surface area (Å²) in [5, 5.41) is 2.74. The summed E-state index contributed by atoms with van der Waals surface area (Å²) in [6, 6.07) is 12.0. The first-order valence-electron chi connectivity index (χ1n) is 7.54. The summed E-state index contributed by atoms with van der Waals surface area (Å²) in [4.78, 5) is 11.6. The van der Waals surface area contributed by atoms with Crippen LogP contribution in [0.3, 0.4) is 0 Å². The minimum atomic E-state index is -3.65. The highest BCUT2D eigenvalue weighted by molar-refractivity contribution is 7.89. The van der Waals surface area contributed by atoms with Crippen LogP contribution >= 0.6 is 0 Å². The van der Waals surface area contributed by atoms with E-state index in [-0.39, 0.29) is 17.3 Å². The van der Waals surface area contributed by atoms with E-state index in [0.717, 1.165) is 11.1 Å². The molecule has 7 heteroatoms. The highest BCUT2D eigenvalue weighted by Crippen LogP contribution is 2.25. The van der Waals surface area contributed by atoms with E-state index >= 15 is 0 Å². The number of amides is 1. The second-order valence-corrected chi connectivity index (χ2v) is 7.27. The smallest absolute Gasteiger partial charge is 0.240 e. The summed E-state index contributed by atoms with van der Waals surface area (Å²) in [7, 11) is -2.10. The predicted octanol–water partition coefficient (Wildman–Crippen LogP) is 2.06. The van der Waals surface area contributed by atoms with E-state index in [2.05, 4.69) is 10.0 Å². The van der Waals surface area contributed by atoms with Gasteiger partial charge in [0.1, 0.15) is 5.75 Å². The van der Waals surface area contributed by atoms with Crippen LogP contribution in [0, 0.1) is 0 Å². The van der Waals surface area contributed by atoms with Gasteiger partial charge >= 0.3 is 0 Å². The Morgan fingerprint density at radius 3 is 2.75 bits per heavy atom. The fraction of sp³-hybridized carbons (Fsp3) is 0.235. The normalized spacial score (nSPS) is 14.0. The van der Waals surface area contributed by atoms with E-state index in [1.807, 2.05) is 18.2 Å². The molecule has 6 nitrogen and oxygen atoms in total. The minimum Gasteiger partial charge on any atom is -0.496 e. The summed E-state index contributed by atoms with van der Waals surface area (Å²) in [6.07, 6.45) is 0.905. The molecule has 0 unspecified atom stereocenters. The van der Waals surface area contributed by atoms with E-state index in [1.165, 1.54) is 6.07 Å². The lowest BCUT2D eigenvalue weighted by atomic mass is 10.0. The van der Waals surface area contributed by atoms with Crippen molar-refractivity contribution in [2.24, 2.45) is 0 Å². The first kappa shape index (κ1) is 16.5. The number of fused-ring (bicyclic) bond motifs is 1. The molecule has 1 aliphatic heterocycles. The number of anilines is 1. The van der Waals surface area contributed by atoms with Gasteiger partial charge in [-0.3, -0.25) is 4.79 Å². The number of benzene rings is 2. The Balaban J connectivity index is 1.80. The second-order valence-electron chi connectivity index (χ2n) is 5.50. The summed E-state index contributed by atoms with van der Waals surface area (Å²) >= 11 is 0. The highest BCUT2D eigenvalue weighted by atomic mass is 32.2. The van der Waals surface area contributed by atoms with Crippen molar-refractivity contribution >= 4 is 21.6 Å². The molecule has 2 aromatic rings. The van der Waals surface area contributed by atoms with Crippen LogP contribution in [0.2, 0.25) is 0 Å². The van der Waals surface area contributed by atoms with Gasteiger partial charge in [-0.25, -0.2) is 13.1 Å². The Kier molecular flexibility index (Phi) is 4.55. The molecule has 2 N–H and O–H groups in total. The highest BCUT2D eigenvalue weighted by Gasteiger charge is 2.20. The first-order chi connectivity index (χ1) is 11.5. The molecule has 1 aliphatic rings. The molecule has 1 heterocycles. The summed E-state index contributed by atoms with van der Waals surface area (Å²) < 4.78 is 32.8. The molecule has 0 atom stereocenters. The van der Waals surface area contributed by atoms with Crippen LogP contribution in [0.1, 0.15) is 17.5 Å². The largest absolute Gasteiger partial charge is 0.496 e. The maximum atomic E-state index is 12.5. The number of rotatable bonds is 5. The van der Waals surface area contributed by atoms with E-state index in [1.54, 1.807) is 25.3 Å². The van der Waals surface area contributed by atoms with Gasteiger partial charge in [0.05, 0.1) is 12.0 Å². The van der Waals surface area contributed by atoms with Crippen LogP contribution in [0.15, 0.2) is 47.4 Å². The zero-order valence-electron chi connectivity index (χ0n) is 13.2. The molecule has 0 fully saturated rings. The zero-order valence-corrected chi connectivity index (χ0v) is 14.0. The number of para-hydroxylation sites is 1. The van der Waals surface area contributed by atoms with Gasteiger partial charge in [0.15, 0.2) is 0 Å². The number of methoxy groups -OCH3 is 1. The SMILES string of the molecule is COc1ccccc1CNS(=O)(=O)c1ccc2c(c1)CCC(=O)N2. The summed E-state index contributed by atoms with van der Waals surface area (Å²) in [5.74, 6) is 0.584. The minimum absolute atomic E-state index is 0.0487. The van der Waals surface area contributed by atoms with Gasteiger partial charge < -0.3 is 10.1 Å². The molecule has 0 aliphatic carbocycles. The molecule has 0 spiro atoms. The molecule has 0 bridgehead atoms. The second kappa shape index (κ2) is 6.62. The quantitative estimate of drug-likeness (QED) is 0.868. The van der Waals surface area contributed by atoms with Crippen LogP contribution in [-0.4, -0.2) is 21.4 Å². The number of nitrogens with one attached hydrogen (secondary N) is 2. The van der Waals surface area contributed by atoms with Gasteiger partial charge in [0, 0.05) is 24.2 Å². The molecule has 2 aromatic carbocycles. The predicted molar refractivity (Wildman–Crippen MR) is 90.4 cm³/mol. The lowest BCUT2D eigenvalue weighted by Crippen LogP contribution is -2.24. The van der Waals surface area contributed by atoms with Gasteiger partial charge in [-0.1, -0.05) is 18.2 Å². The molecule has 3 rings (SSSR count). The average molecular weight is 346 g/mol.